The number of carbonyl (C=O) groups is 4. The van der Waals surface area contributed by atoms with Crippen LogP contribution >= 0.6 is 0 Å². The van der Waals surface area contributed by atoms with Crippen LogP contribution in [0.2, 0.25) is 0 Å². The molecule has 0 aliphatic carbocycles. The minimum Gasteiger partial charge on any atom is -0.341 e. The fraction of sp³-hybridized carbons (Fsp3) is 0.429. The van der Waals surface area contributed by atoms with E-state index in [4.69, 9.17) is 0 Å². The number of likely N-dealkylation sites (N-methyl/N-ethyl adjacent to an activating group) is 1. The topological polar surface area (TPSA) is 98.8 Å². The molecular weight excluding hydrogens is 532 g/mol. The number of amides is 5. The largest absolute Gasteiger partial charge is 0.416 e. The molecule has 2 saturated heterocycles. The van der Waals surface area contributed by atoms with E-state index in [2.05, 4.69) is 10.6 Å². The summed E-state index contributed by atoms with van der Waals surface area (Å²) in [5.74, 6) is -3.19. The van der Waals surface area contributed by atoms with Crippen LogP contribution in [0.1, 0.15) is 43.7 Å². The van der Waals surface area contributed by atoms with E-state index >= 15 is 0 Å². The standard InChI is InChI=1S/C28H30F4N4O4/c1-16(2)22(34-26(40)33-20-15-18(28(30,31)32)9-10-19(20)29)24(38)36-13-11-27(12-14-36)21(17-7-5-4-6-8-17)23(37)35(3)25(27)39/h4-10,15-16,21-22H,11-14H2,1-3H3,(H2,33,34,40)/t21?,22-/m1/s1. The second-order valence-electron chi connectivity index (χ2n) is 10.5. The molecule has 1 unspecified atom stereocenters. The van der Waals surface area contributed by atoms with E-state index < -0.39 is 58.5 Å². The van der Waals surface area contributed by atoms with Crippen LogP contribution in [0.15, 0.2) is 48.5 Å². The van der Waals surface area contributed by atoms with Gasteiger partial charge in [-0.25, -0.2) is 9.18 Å². The summed E-state index contributed by atoms with van der Waals surface area (Å²) in [4.78, 5) is 55.0. The lowest BCUT2D eigenvalue weighted by Crippen LogP contribution is -2.56. The Kier molecular flexibility index (Phi) is 7.91. The highest BCUT2D eigenvalue weighted by Crippen LogP contribution is 2.51. The highest BCUT2D eigenvalue weighted by Gasteiger charge is 2.59. The minimum atomic E-state index is -4.73. The summed E-state index contributed by atoms with van der Waals surface area (Å²) in [5, 5.41) is 4.51. The van der Waals surface area contributed by atoms with E-state index in [-0.39, 0.29) is 37.7 Å². The first-order valence-electron chi connectivity index (χ1n) is 12.9. The van der Waals surface area contributed by atoms with Crippen LogP contribution in [0.25, 0.3) is 0 Å². The molecule has 0 aromatic heterocycles. The average Bonchev–Trinajstić information content (AvgIpc) is 3.08. The summed E-state index contributed by atoms with van der Waals surface area (Å²) in [6, 6.07) is 8.55. The van der Waals surface area contributed by atoms with Crippen molar-refractivity contribution in [1.29, 1.82) is 0 Å². The molecule has 40 heavy (non-hydrogen) atoms. The SMILES string of the molecule is CC(C)[C@@H](NC(=O)Nc1cc(C(F)(F)F)ccc1F)C(=O)N1CCC2(CC1)C(=O)N(C)C(=O)C2c1ccccc1. The van der Waals surface area contributed by atoms with Crippen LogP contribution in [0, 0.1) is 17.2 Å². The average molecular weight is 563 g/mol. The van der Waals surface area contributed by atoms with Crippen LogP contribution in [-0.2, 0) is 20.6 Å². The zero-order chi connectivity index (χ0) is 29.4. The van der Waals surface area contributed by atoms with Crippen molar-refractivity contribution >= 4 is 29.4 Å². The van der Waals surface area contributed by atoms with Crippen molar-refractivity contribution < 1.29 is 36.7 Å². The Hall–Kier alpha value is -3.96. The number of hydrogen-bond acceptors (Lipinski definition) is 4. The molecule has 12 heteroatoms. The molecule has 2 atom stereocenters. The van der Waals surface area contributed by atoms with Gasteiger partial charge in [0.2, 0.25) is 17.7 Å². The number of likely N-dealkylation sites (tertiary alicyclic amines) is 2. The molecule has 2 aliphatic rings. The third-order valence-electron chi connectivity index (χ3n) is 7.72. The molecule has 1 spiro atoms. The first kappa shape index (κ1) is 29.0. The van der Waals surface area contributed by atoms with E-state index in [0.717, 1.165) is 10.5 Å². The van der Waals surface area contributed by atoms with Gasteiger partial charge in [0.25, 0.3) is 0 Å². The van der Waals surface area contributed by atoms with Crippen LogP contribution in [0.3, 0.4) is 0 Å². The lowest BCUT2D eigenvalue weighted by Gasteiger charge is -2.41. The first-order valence-corrected chi connectivity index (χ1v) is 12.9. The summed E-state index contributed by atoms with van der Waals surface area (Å²) in [7, 11) is 1.46. The number of piperidine rings is 1. The molecule has 4 rings (SSSR count). The third-order valence-corrected chi connectivity index (χ3v) is 7.72. The van der Waals surface area contributed by atoms with Gasteiger partial charge in [-0.15, -0.1) is 0 Å². The molecular formula is C28H30F4N4O4. The maximum absolute atomic E-state index is 14.1. The maximum Gasteiger partial charge on any atom is 0.416 e. The number of halogens is 4. The first-order chi connectivity index (χ1) is 18.8. The molecule has 2 aromatic carbocycles. The molecule has 5 amide bonds. The number of nitrogens with one attached hydrogen (secondary N) is 2. The predicted molar refractivity (Wildman–Crippen MR) is 137 cm³/mol. The molecule has 0 radical (unpaired) electrons. The van der Waals surface area contributed by atoms with Crippen LogP contribution in [0.5, 0.6) is 0 Å². The van der Waals surface area contributed by atoms with Crippen molar-refractivity contribution in [1.82, 2.24) is 15.1 Å². The van der Waals surface area contributed by atoms with Crippen molar-refractivity contribution in [2.75, 3.05) is 25.5 Å². The van der Waals surface area contributed by atoms with Gasteiger partial charge in [-0.1, -0.05) is 44.2 Å². The van der Waals surface area contributed by atoms with Crippen molar-refractivity contribution in [3.63, 3.8) is 0 Å². The predicted octanol–water partition coefficient (Wildman–Crippen LogP) is 4.38. The van der Waals surface area contributed by atoms with Gasteiger partial charge in [0.05, 0.1) is 22.6 Å². The van der Waals surface area contributed by atoms with E-state index in [9.17, 15) is 36.7 Å². The second-order valence-corrected chi connectivity index (χ2v) is 10.5. The normalized spacial score (nSPS) is 19.8. The zero-order valence-electron chi connectivity index (χ0n) is 22.2. The van der Waals surface area contributed by atoms with E-state index in [1.807, 2.05) is 6.07 Å². The van der Waals surface area contributed by atoms with Gasteiger partial charge in [0.1, 0.15) is 11.9 Å². The van der Waals surface area contributed by atoms with Gasteiger partial charge in [-0.2, -0.15) is 13.2 Å². The number of nitrogens with zero attached hydrogens (tertiary/aromatic N) is 2. The number of hydrogen-bond donors (Lipinski definition) is 2. The number of imide groups is 1. The lowest BCUT2D eigenvalue weighted by molar-refractivity contribution is -0.144. The molecule has 0 saturated carbocycles. The zero-order valence-corrected chi connectivity index (χ0v) is 22.2. The molecule has 2 fully saturated rings. The Morgan fingerprint density at radius 1 is 1.02 bits per heavy atom. The van der Waals surface area contributed by atoms with Crippen molar-refractivity contribution in [2.45, 2.75) is 44.8 Å². The van der Waals surface area contributed by atoms with Crippen molar-refractivity contribution in [3.8, 4) is 0 Å². The maximum atomic E-state index is 14.1. The third kappa shape index (κ3) is 5.39. The van der Waals surface area contributed by atoms with Crippen molar-refractivity contribution in [2.24, 2.45) is 11.3 Å². The molecule has 0 bridgehead atoms. The number of urea groups is 1. The van der Waals surface area contributed by atoms with Gasteiger partial charge >= 0.3 is 12.2 Å². The Labute approximate surface area is 228 Å². The fourth-order valence-electron chi connectivity index (χ4n) is 5.53. The number of rotatable bonds is 5. The summed E-state index contributed by atoms with van der Waals surface area (Å²) in [6.07, 6.45) is -4.26. The van der Waals surface area contributed by atoms with Gasteiger partial charge in [0, 0.05) is 20.1 Å². The quantitative estimate of drug-likeness (QED) is 0.418. The molecule has 2 aromatic rings. The van der Waals surface area contributed by atoms with Gasteiger partial charge in [-0.3, -0.25) is 19.3 Å². The summed E-state index contributed by atoms with van der Waals surface area (Å²) in [5.41, 5.74) is -2.08. The number of carbonyl (C=O) groups excluding carboxylic acids is 4. The van der Waals surface area contributed by atoms with Gasteiger partial charge in [-0.05, 0) is 42.5 Å². The highest BCUT2D eigenvalue weighted by molar-refractivity contribution is 6.10. The van der Waals surface area contributed by atoms with Gasteiger partial charge in [0.15, 0.2) is 0 Å². The van der Waals surface area contributed by atoms with E-state index in [1.54, 1.807) is 38.1 Å². The highest BCUT2D eigenvalue weighted by atomic mass is 19.4. The molecule has 8 nitrogen and oxygen atoms in total. The molecule has 214 valence electrons. The Bertz CT molecular complexity index is 1310. The fourth-order valence-corrected chi connectivity index (χ4v) is 5.53. The number of anilines is 1. The molecule has 2 aliphatic heterocycles. The summed E-state index contributed by atoms with van der Waals surface area (Å²) < 4.78 is 53.2. The van der Waals surface area contributed by atoms with Gasteiger partial charge < -0.3 is 15.5 Å². The minimum absolute atomic E-state index is 0.157. The van der Waals surface area contributed by atoms with Crippen LogP contribution in [0.4, 0.5) is 28.0 Å². The van der Waals surface area contributed by atoms with Crippen LogP contribution < -0.4 is 10.6 Å². The summed E-state index contributed by atoms with van der Waals surface area (Å²) >= 11 is 0. The Balaban J connectivity index is 1.47. The Morgan fingerprint density at radius 2 is 1.65 bits per heavy atom. The lowest BCUT2D eigenvalue weighted by atomic mass is 9.67. The number of alkyl halides is 3. The smallest absolute Gasteiger partial charge is 0.341 e. The van der Waals surface area contributed by atoms with E-state index in [1.165, 1.54) is 11.9 Å². The Morgan fingerprint density at radius 3 is 2.23 bits per heavy atom. The second kappa shape index (κ2) is 10.9. The summed E-state index contributed by atoms with van der Waals surface area (Å²) in [6.45, 7) is 3.67. The monoisotopic (exact) mass is 562 g/mol. The van der Waals surface area contributed by atoms with Crippen molar-refractivity contribution in [3.05, 3.63) is 65.5 Å². The molecule has 2 N–H and O–H groups in total. The number of benzene rings is 2. The van der Waals surface area contributed by atoms with E-state index in [0.29, 0.717) is 18.2 Å². The molecule has 2 heterocycles. The van der Waals surface area contributed by atoms with Crippen LogP contribution in [-0.4, -0.2) is 59.7 Å².